The lowest BCUT2D eigenvalue weighted by Crippen LogP contribution is -2.30. The van der Waals surface area contributed by atoms with Crippen molar-refractivity contribution in [3.63, 3.8) is 0 Å². The van der Waals surface area contributed by atoms with E-state index in [1.165, 1.54) is 0 Å². The highest BCUT2D eigenvalue weighted by Crippen LogP contribution is 2.23. The van der Waals surface area contributed by atoms with Gasteiger partial charge >= 0.3 is 0 Å². The van der Waals surface area contributed by atoms with Crippen molar-refractivity contribution < 1.29 is 9.15 Å². The Hall–Kier alpha value is -1.55. The predicted octanol–water partition coefficient (Wildman–Crippen LogP) is 2.42. The first-order valence-electron chi connectivity index (χ1n) is 5.60. The fourth-order valence-electron chi connectivity index (χ4n) is 2.06. The molecule has 1 N–H and O–H groups in total. The summed E-state index contributed by atoms with van der Waals surface area (Å²) in [4.78, 5) is 4.35. The van der Waals surface area contributed by atoms with E-state index in [0.717, 1.165) is 42.8 Å². The molecule has 4 heteroatoms. The van der Waals surface area contributed by atoms with Gasteiger partial charge in [0.1, 0.15) is 11.4 Å². The molecule has 0 saturated carbocycles. The van der Waals surface area contributed by atoms with Crippen LogP contribution in [0.1, 0.15) is 12.8 Å². The summed E-state index contributed by atoms with van der Waals surface area (Å²) in [6.07, 6.45) is 5.70. The van der Waals surface area contributed by atoms with E-state index < -0.39 is 0 Å². The SMILES string of the molecule is c1cc2occc2c(NC2CCCOC2)n1. The zero-order valence-electron chi connectivity index (χ0n) is 8.98. The van der Waals surface area contributed by atoms with Crippen molar-refractivity contribution in [2.75, 3.05) is 18.5 Å². The molecule has 0 spiro atoms. The molecule has 2 aromatic rings. The van der Waals surface area contributed by atoms with Gasteiger partial charge in [-0.15, -0.1) is 0 Å². The molecule has 1 aliphatic rings. The molecular formula is C12H14N2O2. The molecule has 0 aromatic carbocycles. The fraction of sp³-hybridized carbons (Fsp3) is 0.417. The summed E-state index contributed by atoms with van der Waals surface area (Å²) in [6.45, 7) is 1.64. The van der Waals surface area contributed by atoms with Crippen molar-refractivity contribution >= 4 is 16.8 Å². The van der Waals surface area contributed by atoms with Crippen LogP contribution in [0, 0.1) is 0 Å². The highest BCUT2D eigenvalue weighted by Gasteiger charge is 2.15. The van der Waals surface area contributed by atoms with Crippen LogP contribution in [0.15, 0.2) is 29.0 Å². The summed E-state index contributed by atoms with van der Waals surface area (Å²) in [7, 11) is 0. The molecule has 1 aliphatic heterocycles. The third-order valence-corrected chi connectivity index (χ3v) is 2.88. The first kappa shape index (κ1) is 9.66. The maximum absolute atomic E-state index is 5.43. The highest BCUT2D eigenvalue weighted by atomic mass is 16.5. The summed E-state index contributed by atoms with van der Waals surface area (Å²) in [5.74, 6) is 0.891. The Kier molecular flexibility index (Phi) is 2.50. The second-order valence-corrected chi connectivity index (χ2v) is 4.05. The van der Waals surface area contributed by atoms with Crippen LogP contribution in [0.3, 0.4) is 0 Å². The Morgan fingerprint density at radius 3 is 3.25 bits per heavy atom. The third-order valence-electron chi connectivity index (χ3n) is 2.88. The van der Waals surface area contributed by atoms with Gasteiger partial charge in [0.2, 0.25) is 0 Å². The zero-order chi connectivity index (χ0) is 10.8. The van der Waals surface area contributed by atoms with Crippen molar-refractivity contribution in [3.05, 3.63) is 24.6 Å². The predicted molar refractivity (Wildman–Crippen MR) is 61.5 cm³/mol. The third kappa shape index (κ3) is 1.76. The van der Waals surface area contributed by atoms with Crippen LogP contribution in [-0.2, 0) is 4.74 Å². The molecule has 0 bridgehead atoms. The second kappa shape index (κ2) is 4.14. The molecule has 1 atom stereocenters. The molecule has 4 nitrogen and oxygen atoms in total. The second-order valence-electron chi connectivity index (χ2n) is 4.05. The summed E-state index contributed by atoms with van der Waals surface area (Å²) in [6, 6.07) is 4.17. The molecule has 3 heterocycles. The lowest BCUT2D eigenvalue weighted by atomic mass is 10.1. The number of nitrogens with zero attached hydrogens (tertiary/aromatic N) is 1. The number of ether oxygens (including phenoxy) is 1. The molecule has 1 saturated heterocycles. The van der Waals surface area contributed by atoms with Gasteiger partial charge in [0.05, 0.1) is 24.3 Å². The van der Waals surface area contributed by atoms with Gasteiger partial charge in [-0.3, -0.25) is 0 Å². The molecule has 0 aliphatic carbocycles. The molecular weight excluding hydrogens is 204 g/mol. The lowest BCUT2D eigenvalue weighted by molar-refractivity contribution is 0.0875. The maximum Gasteiger partial charge on any atom is 0.139 e. The Balaban J connectivity index is 1.85. The number of rotatable bonds is 2. The van der Waals surface area contributed by atoms with Crippen LogP contribution >= 0.6 is 0 Å². The molecule has 1 fully saturated rings. The van der Waals surface area contributed by atoms with E-state index in [-0.39, 0.29) is 0 Å². The Labute approximate surface area is 93.6 Å². The molecule has 3 rings (SSSR count). The monoisotopic (exact) mass is 218 g/mol. The van der Waals surface area contributed by atoms with E-state index in [4.69, 9.17) is 9.15 Å². The van der Waals surface area contributed by atoms with Crippen LogP contribution in [0.4, 0.5) is 5.82 Å². The number of fused-ring (bicyclic) bond motifs is 1. The van der Waals surface area contributed by atoms with Crippen LogP contribution in [0.5, 0.6) is 0 Å². The molecule has 16 heavy (non-hydrogen) atoms. The Morgan fingerprint density at radius 2 is 2.38 bits per heavy atom. The summed E-state index contributed by atoms with van der Waals surface area (Å²) < 4.78 is 10.8. The minimum atomic E-state index is 0.363. The Morgan fingerprint density at radius 1 is 1.38 bits per heavy atom. The van der Waals surface area contributed by atoms with Crippen molar-refractivity contribution in [1.29, 1.82) is 0 Å². The first-order valence-corrected chi connectivity index (χ1v) is 5.60. The number of anilines is 1. The maximum atomic E-state index is 5.43. The van der Waals surface area contributed by atoms with Crippen LogP contribution < -0.4 is 5.32 Å². The molecule has 0 amide bonds. The van der Waals surface area contributed by atoms with Gasteiger partial charge < -0.3 is 14.5 Å². The van der Waals surface area contributed by atoms with Gasteiger partial charge in [-0.05, 0) is 25.0 Å². The van der Waals surface area contributed by atoms with Crippen molar-refractivity contribution in [2.45, 2.75) is 18.9 Å². The zero-order valence-corrected chi connectivity index (χ0v) is 8.98. The van der Waals surface area contributed by atoms with Gasteiger partial charge in [0.25, 0.3) is 0 Å². The molecule has 84 valence electrons. The van der Waals surface area contributed by atoms with Gasteiger partial charge in [0, 0.05) is 12.8 Å². The van der Waals surface area contributed by atoms with Gasteiger partial charge in [-0.25, -0.2) is 4.98 Å². The standard InChI is InChI=1S/C12H14N2O2/c1-2-9(8-15-6-1)14-12-10-4-7-16-11(10)3-5-13-12/h3-5,7,9H,1-2,6,8H2,(H,13,14). The number of nitrogens with one attached hydrogen (secondary N) is 1. The van der Waals surface area contributed by atoms with E-state index in [9.17, 15) is 0 Å². The normalized spacial score (nSPS) is 21.1. The van der Waals surface area contributed by atoms with E-state index in [1.54, 1.807) is 12.5 Å². The van der Waals surface area contributed by atoms with Crippen LogP contribution in [-0.4, -0.2) is 24.2 Å². The summed E-state index contributed by atoms with van der Waals surface area (Å²) in [5, 5.41) is 4.45. The van der Waals surface area contributed by atoms with Crippen LogP contribution in [0.2, 0.25) is 0 Å². The minimum Gasteiger partial charge on any atom is -0.464 e. The fourth-order valence-corrected chi connectivity index (χ4v) is 2.06. The average Bonchev–Trinajstić information content (AvgIpc) is 2.80. The summed E-state index contributed by atoms with van der Waals surface area (Å²) in [5.41, 5.74) is 0.870. The topological polar surface area (TPSA) is 47.3 Å². The van der Waals surface area contributed by atoms with Gasteiger partial charge in [-0.1, -0.05) is 0 Å². The average molecular weight is 218 g/mol. The van der Waals surface area contributed by atoms with Crippen molar-refractivity contribution in [1.82, 2.24) is 4.98 Å². The quantitative estimate of drug-likeness (QED) is 0.840. The molecule has 2 aromatic heterocycles. The summed E-state index contributed by atoms with van der Waals surface area (Å²) >= 11 is 0. The largest absolute Gasteiger partial charge is 0.464 e. The van der Waals surface area contributed by atoms with Gasteiger partial charge in [0.15, 0.2) is 0 Å². The Bertz CT molecular complexity index is 475. The number of furan rings is 1. The molecule has 1 unspecified atom stereocenters. The minimum absolute atomic E-state index is 0.363. The van der Waals surface area contributed by atoms with Gasteiger partial charge in [-0.2, -0.15) is 0 Å². The van der Waals surface area contributed by atoms with Crippen molar-refractivity contribution in [2.24, 2.45) is 0 Å². The lowest BCUT2D eigenvalue weighted by Gasteiger charge is -2.23. The van der Waals surface area contributed by atoms with E-state index >= 15 is 0 Å². The highest BCUT2D eigenvalue weighted by molar-refractivity contribution is 5.87. The smallest absolute Gasteiger partial charge is 0.139 e. The van der Waals surface area contributed by atoms with E-state index in [1.807, 2.05) is 12.1 Å². The van der Waals surface area contributed by atoms with E-state index in [2.05, 4.69) is 10.3 Å². The van der Waals surface area contributed by atoms with Crippen LogP contribution in [0.25, 0.3) is 11.0 Å². The number of hydrogen-bond acceptors (Lipinski definition) is 4. The van der Waals surface area contributed by atoms with E-state index in [0.29, 0.717) is 6.04 Å². The first-order chi connectivity index (χ1) is 7.93. The van der Waals surface area contributed by atoms with Crippen molar-refractivity contribution in [3.8, 4) is 0 Å². The number of aromatic nitrogens is 1. The number of hydrogen-bond donors (Lipinski definition) is 1. The number of pyridine rings is 1. The molecule has 0 radical (unpaired) electrons.